The first-order chi connectivity index (χ1) is 8.56. The number of aromatic nitrogens is 1. The second kappa shape index (κ2) is 5.31. The van der Waals surface area contributed by atoms with Gasteiger partial charge in [0.25, 0.3) is 0 Å². The van der Waals surface area contributed by atoms with Crippen LogP contribution in [0.25, 0.3) is 0 Å². The Morgan fingerprint density at radius 2 is 2.11 bits per heavy atom. The molecule has 1 aromatic heterocycles. The van der Waals surface area contributed by atoms with Gasteiger partial charge in [-0.1, -0.05) is 12.1 Å². The van der Waals surface area contributed by atoms with Crippen molar-refractivity contribution in [1.82, 2.24) is 4.98 Å². The molecule has 3 nitrogen and oxygen atoms in total. The molecule has 1 aromatic carbocycles. The minimum Gasteiger partial charge on any atom is -0.340 e. The minimum atomic E-state index is 0.0543. The number of hydrogen-bond donors (Lipinski definition) is 1. The van der Waals surface area contributed by atoms with E-state index in [1.54, 1.807) is 19.2 Å². The number of anilines is 2. The maximum Gasteiger partial charge on any atom is 0.159 e. The van der Waals surface area contributed by atoms with E-state index in [-0.39, 0.29) is 5.78 Å². The first kappa shape index (κ1) is 12.8. The summed E-state index contributed by atoms with van der Waals surface area (Å²) in [5.41, 5.74) is 2.65. The Balaban J connectivity index is 2.25. The van der Waals surface area contributed by atoms with Crippen molar-refractivity contribution in [3.05, 3.63) is 52.1 Å². The van der Waals surface area contributed by atoms with Crippen molar-refractivity contribution < 1.29 is 4.79 Å². The molecule has 0 unspecified atom stereocenters. The van der Waals surface area contributed by atoms with Crippen LogP contribution in [0, 0.1) is 6.92 Å². The van der Waals surface area contributed by atoms with Gasteiger partial charge in [-0.3, -0.25) is 4.79 Å². The molecule has 0 amide bonds. The number of hydrogen-bond acceptors (Lipinski definition) is 3. The average Bonchev–Trinajstić information content (AvgIpc) is 2.34. The summed E-state index contributed by atoms with van der Waals surface area (Å²) in [6.07, 6.45) is 1.76. The summed E-state index contributed by atoms with van der Waals surface area (Å²) < 4.78 is 0.977. The molecule has 0 saturated carbocycles. The van der Waals surface area contributed by atoms with E-state index in [4.69, 9.17) is 0 Å². The van der Waals surface area contributed by atoms with Crippen molar-refractivity contribution in [2.75, 3.05) is 5.32 Å². The molecular weight excluding hydrogens is 292 g/mol. The van der Waals surface area contributed by atoms with Gasteiger partial charge in [0.05, 0.1) is 0 Å². The highest BCUT2D eigenvalue weighted by Gasteiger charge is 2.02. The Morgan fingerprint density at radius 3 is 2.78 bits per heavy atom. The van der Waals surface area contributed by atoms with E-state index in [2.05, 4.69) is 26.2 Å². The molecule has 0 bridgehead atoms. The van der Waals surface area contributed by atoms with Gasteiger partial charge in [-0.2, -0.15) is 0 Å². The van der Waals surface area contributed by atoms with Gasteiger partial charge in [-0.25, -0.2) is 4.98 Å². The van der Waals surface area contributed by atoms with E-state index in [1.165, 1.54) is 0 Å². The lowest BCUT2D eigenvalue weighted by molar-refractivity contribution is 0.101. The van der Waals surface area contributed by atoms with Crippen molar-refractivity contribution >= 4 is 33.2 Å². The van der Waals surface area contributed by atoms with E-state index >= 15 is 0 Å². The first-order valence-corrected chi connectivity index (χ1v) is 6.36. The SMILES string of the molecule is CC(=O)c1cccc(Nc2cc(C)c(Br)cn2)c1. The molecule has 2 rings (SSSR count). The van der Waals surface area contributed by atoms with E-state index in [1.807, 2.05) is 31.2 Å². The molecule has 0 aliphatic carbocycles. The number of pyridine rings is 1. The molecule has 0 saturated heterocycles. The monoisotopic (exact) mass is 304 g/mol. The predicted molar refractivity (Wildman–Crippen MR) is 76.4 cm³/mol. The van der Waals surface area contributed by atoms with E-state index in [0.29, 0.717) is 5.56 Å². The maximum atomic E-state index is 11.3. The second-order valence-electron chi connectivity index (χ2n) is 4.08. The number of carbonyl (C=O) groups is 1. The molecule has 0 atom stereocenters. The number of nitrogens with one attached hydrogen (secondary N) is 1. The number of rotatable bonds is 3. The summed E-state index contributed by atoms with van der Waals surface area (Å²) in [6.45, 7) is 3.56. The lowest BCUT2D eigenvalue weighted by Gasteiger charge is -2.08. The number of carbonyl (C=O) groups excluding carboxylic acids is 1. The van der Waals surface area contributed by atoms with Gasteiger partial charge in [0.2, 0.25) is 0 Å². The Labute approximate surface area is 114 Å². The largest absolute Gasteiger partial charge is 0.340 e. The van der Waals surface area contributed by atoms with Crippen molar-refractivity contribution in [3.8, 4) is 0 Å². The Hall–Kier alpha value is -1.68. The van der Waals surface area contributed by atoms with Crippen LogP contribution in [0.5, 0.6) is 0 Å². The van der Waals surface area contributed by atoms with Crippen LogP contribution in [-0.2, 0) is 0 Å². The number of aryl methyl sites for hydroxylation is 1. The highest BCUT2D eigenvalue weighted by molar-refractivity contribution is 9.10. The predicted octanol–water partition coefficient (Wildman–Crippen LogP) is 4.10. The number of ketones is 1. The third-order valence-electron chi connectivity index (χ3n) is 2.59. The fourth-order valence-electron chi connectivity index (χ4n) is 1.57. The minimum absolute atomic E-state index is 0.0543. The summed E-state index contributed by atoms with van der Waals surface area (Å²) in [4.78, 5) is 15.6. The number of Topliss-reactive ketones (excluding diaryl/α,β-unsaturated/α-hetero) is 1. The van der Waals surface area contributed by atoms with Gasteiger partial charge in [-0.05, 0) is 53.5 Å². The summed E-state index contributed by atoms with van der Waals surface area (Å²) in [6, 6.07) is 9.33. The van der Waals surface area contributed by atoms with Gasteiger partial charge in [-0.15, -0.1) is 0 Å². The Kier molecular flexibility index (Phi) is 3.77. The lowest BCUT2D eigenvalue weighted by atomic mass is 10.1. The smallest absolute Gasteiger partial charge is 0.159 e. The first-order valence-electron chi connectivity index (χ1n) is 5.56. The summed E-state index contributed by atoms with van der Waals surface area (Å²) in [7, 11) is 0. The summed E-state index contributed by atoms with van der Waals surface area (Å²) >= 11 is 3.41. The van der Waals surface area contributed by atoms with Crippen LogP contribution >= 0.6 is 15.9 Å². The fourth-order valence-corrected chi connectivity index (χ4v) is 1.79. The molecule has 4 heteroatoms. The van der Waals surface area contributed by atoms with Crippen LogP contribution in [0.2, 0.25) is 0 Å². The lowest BCUT2D eigenvalue weighted by Crippen LogP contribution is -1.97. The zero-order valence-electron chi connectivity index (χ0n) is 10.2. The van der Waals surface area contributed by atoms with Crippen LogP contribution in [-0.4, -0.2) is 10.8 Å². The number of benzene rings is 1. The van der Waals surface area contributed by atoms with Gasteiger partial charge in [0.15, 0.2) is 5.78 Å². The normalized spacial score (nSPS) is 10.2. The second-order valence-corrected chi connectivity index (χ2v) is 4.94. The van der Waals surface area contributed by atoms with Crippen molar-refractivity contribution in [1.29, 1.82) is 0 Å². The zero-order chi connectivity index (χ0) is 13.1. The molecule has 0 spiro atoms. The molecule has 1 N–H and O–H groups in total. The molecule has 0 aliphatic heterocycles. The zero-order valence-corrected chi connectivity index (χ0v) is 11.8. The highest BCUT2D eigenvalue weighted by atomic mass is 79.9. The van der Waals surface area contributed by atoms with E-state index < -0.39 is 0 Å². The molecule has 92 valence electrons. The Bertz CT molecular complexity index is 596. The van der Waals surface area contributed by atoms with Gasteiger partial charge >= 0.3 is 0 Å². The van der Waals surface area contributed by atoms with Gasteiger partial charge in [0.1, 0.15) is 5.82 Å². The van der Waals surface area contributed by atoms with Crippen LogP contribution in [0.1, 0.15) is 22.8 Å². The standard InChI is InChI=1S/C14H13BrN2O/c1-9-6-14(16-8-13(9)15)17-12-5-3-4-11(7-12)10(2)18/h3-8H,1-2H3,(H,16,17). The van der Waals surface area contributed by atoms with Crippen LogP contribution in [0.15, 0.2) is 41.0 Å². The fraction of sp³-hybridized carbons (Fsp3) is 0.143. The van der Waals surface area contributed by atoms with Crippen LogP contribution in [0.3, 0.4) is 0 Å². The molecule has 1 heterocycles. The molecule has 0 radical (unpaired) electrons. The molecular formula is C14H13BrN2O. The van der Waals surface area contributed by atoms with Gasteiger partial charge in [0, 0.05) is 21.9 Å². The maximum absolute atomic E-state index is 11.3. The third kappa shape index (κ3) is 2.96. The van der Waals surface area contributed by atoms with Crippen molar-refractivity contribution in [3.63, 3.8) is 0 Å². The topological polar surface area (TPSA) is 42.0 Å². The van der Waals surface area contributed by atoms with Crippen LogP contribution < -0.4 is 5.32 Å². The van der Waals surface area contributed by atoms with E-state index in [0.717, 1.165) is 21.5 Å². The number of nitrogens with zero attached hydrogens (tertiary/aromatic N) is 1. The van der Waals surface area contributed by atoms with Crippen molar-refractivity contribution in [2.24, 2.45) is 0 Å². The highest BCUT2D eigenvalue weighted by Crippen LogP contribution is 2.21. The third-order valence-corrected chi connectivity index (χ3v) is 3.42. The van der Waals surface area contributed by atoms with Crippen molar-refractivity contribution in [2.45, 2.75) is 13.8 Å². The Morgan fingerprint density at radius 1 is 1.33 bits per heavy atom. The van der Waals surface area contributed by atoms with Gasteiger partial charge < -0.3 is 5.32 Å². The summed E-state index contributed by atoms with van der Waals surface area (Å²) in [5, 5.41) is 3.18. The molecule has 0 aliphatic rings. The summed E-state index contributed by atoms with van der Waals surface area (Å²) in [5.74, 6) is 0.815. The molecule has 2 aromatic rings. The number of halogens is 1. The van der Waals surface area contributed by atoms with E-state index in [9.17, 15) is 4.79 Å². The van der Waals surface area contributed by atoms with Crippen LogP contribution in [0.4, 0.5) is 11.5 Å². The molecule has 18 heavy (non-hydrogen) atoms. The average molecular weight is 305 g/mol. The molecule has 0 fully saturated rings. The quantitative estimate of drug-likeness (QED) is 0.868.